The average molecular weight is 940 g/mol. The van der Waals surface area contributed by atoms with Crippen LogP contribution in [0.3, 0.4) is 0 Å². The standard InChI is InChI=1S/C61H110O6/c1-4-7-10-13-16-19-22-25-27-29-30-32-34-37-40-43-46-49-52-55-61(64)67-58(56-65-59(62)53-50-47-44-41-38-35-24-21-18-15-12-9-6-3)57-66-60(63)54-51-48-45-42-39-36-33-31-28-26-23-20-17-14-11-8-5-2/h17,20,25-28,33,36,58H,4-16,18-19,21-24,29-32,34-35,37-57H2,1-3H3/b20-17-,27-25-,28-26-,36-33-/t58-/m0/s1. The molecule has 0 aromatic heterocycles. The summed E-state index contributed by atoms with van der Waals surface area (Å²) in [5, 5.41) is 0. The number of carbonyl (C=O) groups is 3. The van der Waals surface area contributed by atoms with Crippen LogP contribution in [0.1, 0.15) is 303 Å². The summed E-state index contributed by atoms with van der Waals surface area (Å²) in [5.74, 6) is -0.888. The lowest BCUT2D eigenvalue weighted by molar-refractivity contribution is -0.167. The predicted octanol–water partition coefficient (Wildman–Crippen LogP) is 19.4. The van der Waals surface area contributed by atoms with Crippen LogP contribution in [0.25, 0.3) is 0 Å². The largest absolute Gasteiger partial charge is 0.462 e. The molecule has 6 heteroatoms. The van der Waals surface area contributed by atoms with Crippen molar-refractivity contribution in [1.82, 2.24) is 0 Å². The zero-order valence-corrected chi connectivity index (χ0v) is 44.7. The Kier molecular flexibility index (Phi) is 53.8. The molecule has 0 N–H and O–H groups in total. The highest BCUT2D eigenvalue weighted by Gasteiger charge is 2.19. The van der Waals surface area contributed by atoms with Crippen LogP contribution in [0.2, 0.25) is 0 Å². The second-order valence-electron chi connectivity index (χ2n) is 19.6. The average Bonchev–Trinajstić information content (AvgIpc) is 3.33. The van der Waals surface area contributed by atoms with Crippen LogP contribution in [0.15, 0.2) is 48.6 Å². The van der Waals surface area contributed by atoms with Crippen molar-refractivity contribution in [2.45, 2.75) is 309 Å². The van der Waals surface area contributed by atoms with Gasteiger partial charge < -0.3 is 14.2 Å². The summed E-state index contributed by atoms with van der Waals surface area (Å²) in [6.45, 7) is 6.62. The molecule has 0 aromatic rings. The van der Waals surface area contributed by atoms with Gasteiger partial charge in [0, 0.05) is 19.3 Å². The normalized spacial score (nSPS) is 12.3. The molecular weight excluding hydrogens is 829 g/mol. The third kappa shape index (κ3) is 54.2. The van der Waals surface area contributed by atoms with Crippen LogP contribution in [0.5, 0.6) is 0 Å². The van der Waals surface area contributed by atoms with Gasteiger partial charge in [0.25, 0.3) is 0 Å². The fourth-order valence-corrected chi connectivity index (χ4v) is 8.39. The fraction of sp³-hybridized carbons (Fsp3) is 0.820. The lowest BCUT2D eigenvalue weighted by Crippen LogP contribution is -2.30. The maximum Gasteiger partial charge on any atom is 0.306 e. The molecule has 0 bridgehead atoms. The predicted molar refractivity (Wildman–Crippen MR) is 289 cm³/mol. The van der Waals surface area contributed by atoms with E-state index in [1.807, 2.05) is 0 Å². The molecule has 390 valence electrons. The number of hydrogen-bond donors (Lipinski definition) is 0. The van der Waals surface area contributed by atoms with Gasteiger partial charge >= 0.3 is 17.9 Å². The Balaban J connectivity index is 4.38. The molecule has 0 aromatic carbocycles. The van der Waals surface area contributed by atoms with Gasteiger partial charge in [0.2, 0.25) is 0 Å². The van der Waals surface area contributed by atoms with E-state index in [9.17, 15) is 14.4 Å². The Morgan fingerprint density at radius 2 is 0.537 bits per heavy atom. The first-order valence-corrected chi connectivity index (χ1v) is 29.1. The van der Waals surface area contributed by atoms with E-state index in [0.29, 0.717) is 19.3 Å². The van der Waals surface area contributed by atoms with Gasteiger partial charge in [0.05, 0.1) is 0 Å². The van der Waals surface area contributed by atoms with Crippen LogP contribution >= 0.6 is 0 Å². The van der Waals surface area contributed by atoms with Gasteiger partial charge in [-0.2, -0.15) is 0 Å². The molecule has 0 spiro atoms. The Labute approximate surface area is 416 Å². The Hall–Kier alpha value is -2.63. The number of ether oxygens (including phenoxy) is 3. The minimum atomic E-state index is -0.781. The first-order valence-electron chi connectivity index (χ1n) is 29.1. The van der Waals surface area contributed by atoms with E-state index in [4.69, 9.17) is 14.2 Å². The van der Waals surface area contributed by atoms with Crippen molar-refractivity contribution in [3.05, 3.63) is 48.6 Å². The first-order chi connectivity index (χ1) is 33.0. The molecule has 0 radical (unpaired) electrons. The molecular formula is C61H110O6. The quantitative estimate of drug-likeness (QED) is 0.0262. The van der Waals surface area contributed by atoms with E-state index < -0.39 is 6.10 Å². The molecule has 0 aliphatic heterocycles. The minimum Gasteiger partial charge on any atom is -0.462 e. The zero-order valence-electron chi connectivity index (χ0n) is 44.7. The molecule has 67 heavy (non-hydrogen) atoms. The molecule has 0 saturated carbocycles. The topological polar surface area (TPSA) is 78.9 Å². The van der Waals surface area contributed by atoms with E-state index in [-0.39, 0.29) is 31.1 Å². The summed E-state index contributed by atoms with van der Waals surface area (Å²) in [4.78, 5) is 38.1. The minimum absolute atomic E-state index is 0.0781. The highest BCUT2D eigenvalue weighted by atomic mass is 16.6. The smallest absolute Gasteiger partial charge is 0.306 e. The van der Waals surface area contributed by atoms with Gasteiger partial charge in [-0.3, -0.25) is 14.4 Å². The van der Waals surface area contributed by atoms with Gasteiger partial charge in [-0.15, -0.1) is 0 Å². The van der Waals surface area contributed by atoms with Crippen LogP contribution < -0.4 is 0 Å². The van der Waals surface area contributed by atoms with Gasteiger partial charge in [0.1, 0.15) is 13.2 Å². The summed E-state index contributed by atoms with van der Waals surface area (Å²) in [6.07, 6.45) is 68.1. The third-order valence-corrected chi connectivity index (χ3v) is 12.8. The molecule has 6 nitrogen and oxygen atoms in total. The van der Waals surface area contributed by atoms with Gasteiger partial charge in [0.15, 0.2) is 6.10 Å². The number of allylic oxidation sites excluding steroid dienone is 8. The van der Waals surface area contributed by atoms with E-state index >= 15 is 0 Å². The van der Waals surface area contributed by atoms with Crippen molar-refractivity contribution < 1.29 is 28.6 Å². The van der Waals surface area contributed by atoms with Crippen LogP contribution in [-0.4, -0.2) is 37.2 Å². The van der Waals surface area contributed by atoms with Gasteiger partial charge in [-0.05, 0) is 83.5 Å². The van der Waals surface area contributed by atoms with E-state index in [2.05, 4.69) is 69.4 Å². The zero-order chi connectivity index (χ0) is 48.6. The van der Waals surface area contributed by atoms with E-state index in [0.717, 1.165) is 83.5 Å². The number of hydrogen-bond acceptors (Lipinski definition) is 6. The highest BCUT2D eigenvalue weighted by Crippen LogP contribution is 2.16. The van der Waals surface area contributed by atoms with Crippen molar-refractivity contribution >= 4 is 17.9 Å². The summed E-state index contributed by atoms with van der Waals surface area (Å²) < 4.78 is 16.9. The highest BCUT2D eigenvalue weighted by molar-refractivity contribution is 5.71. The van der Waals surface area contributed by atoms with E-state index in [1.165, 1.54) is 180 Å². The number of unbranched alkanes of at least 4 members (excludes halogenated alkanes) is 34. The lowest BCUT2D eigenvalue weighted by Gasteiger charge is -2.18. The maximum absolute atomic E-state index is 12.9. The monoisotopic (exact) mass is 939 g/mol. The summed E-state index contributed by atoms with van der Waals surface area (Å²) in [7, 11) is 0. The molecule has 0 fully saturated rings. The molecule has 0 saturated heterocycles. The van der Waals surface area contributed by atoms with Crippen molar-refractivity contribution in [3.63, 3.8) is 0 Å². The molecule has 0 rings (SSSR count). The first kappa shape index (κ1) is 64.4. The molecule has 1 atom stereocenters. The van der Waals surface area contributed by atoms with Crippen molar-refractivity contribution in [2.24, 2.45) is 0 Å². The molecule has 0 amide bonds. The van der Waals surface area contributed by atoms with Crippen molar-refractivity contribution in [3.8, 4) is 0 Å². The van der Waals surface area contributed by atoms with Crippen molar-refractivity contribution in [2.75, 3.05) is 13.2 Å². The molecule has 0 aliphatic rings. The number of carbonyl (C=O) groups excluding carboxylic acids is 3. The maximum atomic E-state index is 12.9. The summed E-state index contributed by atoms with van der Waals surface area (Å²) in [5.41, 5.74) is 0. The molecule has 0 aliphatic carbocycles. The van der Waals surface area contributed by atoms with E-state index in [1.54, 1.807) is 0 Å². The van der Waals surface area contributed by atoms with Crippen LogP contribution in [-0.2, 0) is 28.6 Å². The van der Waals surface area contributed by atoms with Crippen LogP contribution in [0.4, 0.5) is 0 Å². The SMILES string of the molecule is CCCCC/C=C\C/C=C\C/C=C\CCCCCCC(=O)OC[C@H](COC(=O)CCCCCCCCCCCCCCC)OC(=O)CCCCCCCCCCC/C=C\CCCCCCCC. The third-order valence-electron chi connectivity index (χ3n) is 12.8. The number of rotatable bonds is 53. The van der Waals surface area contributed by atoms with Crippen LogP contribution in [0, 0.1) is 0 Å². The Morgan fingerprint density at radius 1 is 0.299 bits per heavy atom. The van der Waals surface area contributed by atoms with Gasteiger partial charge in [-0.1, -0.05) is 249 Å². The fourth-order valence-electron chi connectivity index (χ4n) is 8.39. The summed E-state index contributed by atoms with van der Waals surface area (Å²) >= 11 is 0. The second kappa shape index (κ2) is 56.0. The van der Waals surface area contributed by atoms with Crippen molar-refractivity contribution in [1.29, 1.82) is 0 Å². The van der Waals surface area contributed by atoms with Gasteiger partial charge in [-0.25, -0.2) is 0 Å². The Morgan fingerprint density at radius 3 is 0.881 bits per heavy atom. The molecule has 0 heterocycles. The lowest BCUT2D eigenvalue weighted by atomic mass is 10.0. The Bertz CT molecular complexity index is 1170. The molecule has 0 unspecified atom stereocenters. The second-order valence-corrected chi connectivity index (χ2v) is 19.6. The summed E-state index contributed by atoms with van der Waals surface area (Å²) in [6, 6.07) is 0. The number of esters is 3.